The number of benzene rings is 1. The number of carbonyl (C=O) groups excluding carboxylic acids is 1. The SMILES string of the molecule is C[C@@H]1CN(C(=O)[C@H](C)Sc2ccc(Cl)cc2)C[C@@H](C)O1. The molecule has 0 spiro atoms. The first-order chi connectivity index (χ1) is 9.45. The van der Waals surface area contributed by atoms with Crippen molar-refractivity contribution in [1.82, 2.24) is 4.90 Å². The van der Waals surface area contributed by atoms with E-state index in [1.807, 2.05) is 49.9 Å². The van der Waals surface area contributed by atoms with E-state index in [2.05, 4.69) is 0 Å². The molecular formula is C15H20ClNO2S. The number of nitrogens with zero attached hydrogens (tertiary/aromatic N) is 1. The molecule has 2 rings (SSSR count). The second kappa shape index (κ2) is 6.83. The topological polar surface area (TPSA) is 29.5 Å². The molecule has 1 aromatic rings. The molecule has 1 aliphatic rings. The lowest BCUT2D eigenvalue weighted by Gasteiger charge is -2.36. The molecule has 20 heavy (non-hydrogen) atoms. The Kier molecular flexibility index (Phi) is 5.35. The van der Waals surface area contributed by atoms with Gasteiger partial charge >= 0.3 is 0 Å². The zero-order chi connectivity index (χ0) is 14.7. The van der Waals surface area contributed by atoms with Gasteiger partial charge in [-0.15, -0.1) is 11.8 Å². The van der Waals surface area contributed by atoms with Crippen LogP contribution in [0.2, 0.25) is 5.02 Å². The predicted octanol–water partition coefficient (Wildman–Crippen LogP) is 3.46. The highest BCUT2D eigenvalue weighted by molar-refractivity contribution is 8.00. The Bertz CT molecular complexity index is 455. The van der Waals surface area contributed by atoms with Crippen LogP contribution in [-0.2, 0) is 9.53 Å². The van der Waals surface area contributed by atoms with E-state index in [1.165, 1.54) is 0 Å². The van der Waals surface area contributed by atoms with Gasteiger partial charge in [-0.3, -0.25) is 4.79 Å². The molecule has 1 heterocycles. The van der Waals surface area contributed by atoms with Gasteiger partial charge in [0.15, 0.2) is 0 Å². The number of ether oxygens (including phenoxy) is 1. The van der Waals surface area contributed by atoms with Gasteiger partial charge in [0.25, 0.3) is 0 Å². The van der Waals surface area contributed by atoms with E-state index in [-0.39, 0.29) is 23.4 Å². The molecule has 5 heteroatoms. The number of hydrogen-bond donors (Lipinski definition) is 0. The monoisotopic (exact) mass is 313 g/mol. The molecule has 3 atom stereocenters. The van der Waals surface area contributed by atoms with Crippen molar-refractivity contribution < 1.29 is 9.53 Å². The molecule has 0 aromatic heterocycles. The number of halogens is 1. The first kappa shape index (κ1) is 15.7. The number of carbonyl (C=O) groups is 1. The highest BCUT2D eigenvalue weighted by atomic mass is 35.5. The van der Waals surface area contributed by atoms with Crippen LogP contribution in [0.1, 0.15) is 20.8 Å². The molecule has 1 amide bonds. The third-order valence-electron chi connectivity index (χ3n) is 3.21. The molecule has 1 saturated heterocycles. The summed E-state index contributed by atoms with van der Waals surface area (Å²) in [4.78, 5) is 15.5. The van der Waals surface area contributed by atoms with Crippen molar-refractivity contribution in [1.29, 1.82) is 0 Å². The van der Waals surface area contributed by atoms with Crippen LogP contribution in [0.25, 0.3) is 0 Å². The van der Waals surface area contributed by atoms with Crippen molar-refractivity contribution in [3.63, 3.8) is 0 Å². The smallest absolute Gasteiger partial charge is 0.235 e. The second-order valence-corrected chi connectivity index (χ2v) is 7.07. The molecule has 110 valence electrons. The van der Waals surface area contributed by atoms with Gasteiger partial charge < -0.3 is 9.64 Å². The first-order valence-electron chi connectivity index (χ1n) is 6.82. The van der Waals surface area contributed by atoms with Gasteiger partial charge in [0.1, 0.15) is 0 Å². The van der Waals surface area contributed by atoms with Crippen LogP contribution in [0.3, 0.4) is 0 Å². The van der Waals surface area contributed by atoms with Crippen molar-refractivity contribution in [3.8, 4) is 0 Å². The van der Waals surface area contributed by atoms with Crippen LogP contribution in [0.15, 0.2) is 29.2 Å². The van der Waals surface area contributed by atoms with E-state index in [0.29, 0.717) is 18.1 Å². The fraction of sp³-hybridized carbons (Fsp3) is 0.533. The van der Waals surface area contributed by atoms with Gasteiger partial charge in [0.2, 0.25) is 5.91 Å². The van der Waals surface area contributed by atoms with Crippen molar-refractivity contribution in [2.45, 2.75) is 43.1 Å². The summed E-state index contributed by atoms with van der Waals surface area (Å²) < 4.78 is 5.66. The van der Waals surface area contributed by atoms with Crippen molar-refractivity contribution in [2.75, 3.05) is 13.1 Å². The van der Waals surface area contributed by atoms with Gasteiger partial charge in [-0.25, -0.2) is 0 Å². The van der Waals surface area contributed by atoms with E-state index in [1.54, 1.807) is 11.8 Å². The fourth-order valence-corrected chi connectivity index (χ4v) is 3.46. The minimum Gasteiger partial charge on any atom is -0.372 e. The average molecular weight is 314 g/mol. The third kappa shape index (κ3) is 4.14. The Labute approximate surface area is 129 Å². The number of rotatable bonds is 3. The Morgan fingerprint density at radius 1 is 1.30 bits per heavy atom. The third-order valence-corrected chi connectivity index (χ3v) is 4.56. The normalized spacial score (nSPS) is 24.5. The lowest BCUT2D eigenvalue weighted by molar-refractivity contribution is -0.142. The zero-order valence-corrected chi connectivity index (χ0v) is 13.6. The lowest BCUT2D eigenvalue weighted by Crippen LogP contribution is -2.50. The Hall–Kier alpha value is -0.710. The number of hydrogen-bond acceptors (Lipinski definition) is 3. The maximum Gasteiger partial charge on any atom is 0.235 e. The van der Waals surface area contributed by atoms with Gasteiger partial charge in [0, 0.05) is 23.0 Å². The summed E-state index contributed by atoms with van der Waals surface area (Å²) in [5, 5.41) is 0.609. The summed E-state index contributed by atoms with van der Waals surface area (Å²) in [7, 11) is 0. The van der Waals surface area contributed by atoms with Crippen LogP contribution in [0.5, 0.6) is 0 Å². The summed E-state index contributed by atoms with van der Waals surface area (Å²) in [6, 6.07) is 7.59. The Morgan fingerprint density at radius 3 is 2.40 bits per heavy atom. The molecule has 1 fully saturated rings. The highest BCUT2D eigenvalue weighted by Gasteiger charge is 2.28. The summed E-state index contributed by atoms with van der Waals surface area (Å²) in [5.41, 5.74) is 0. The first-order valence-corrected chi connectivity index (χ1v) is 8.08. The van der Waals surface area contributed by atoms with E-state index >= 15 is 0 Å². The molecule has 1 aliphatic heterocycles. The van der Waals surface area contributed by atoms with Gasteiger partial charge in [-0.05, 0) is 45.0 Å². The van der Waals surface area contributed by atoms with E-state index in [0.717, 1.165) is 4.90 Å². The highest BCUT2D eigenvalue weighted by Crippen LogP contribution is 2.26. The Balaban J connectivity index is 1.96. The molecule has 3 nitrogen and oxygen atoms in total. The van der Waals surface area contributed by atoms with Crippen LogP contribution < -0.4 is 0 Å². The van der Waals surface area contributed by atoms with Crippen molar-refractivity contribution in [2.24, 2.45) is 0 Å². The second-order valence-electron chi connectivity index (χ2n) is 5.21. The predicted molar refractivity (Wildman–Crippen MR) is 83.4 cm³/mol. The number of amides is 1. The molecule has 0 bridgehead atoms. The molecule has 1 aromatic carbocycles. The van der Waals surface area contributed by atoms with Crippen LogP contribution in [0.4, 0.5) is 0 Å². The average Bonchev–Trinajstić information content (AvgIpc) is 2.39. The molecule has 0 unspecified atom stereocenters. The van der Waals surface area contributed by atoms with E-state index in [9.17, 15) is 4.79 Å². The minimum absolute atomic E-state index is 0.103. The van der Waals surface area contributed by atoms with Gasteiger partial charge in [-0.2, -0.15) is 0 Å². The van der Waals surface area contributed by atoms with Crippen molar-refractivity contribution >= 4 is 29.3 Å². The van der Waals surface area contributed by atoms with Crippen LogP contribution >= 0.6 is 23.4 Å². The van der Waals surface area contributed by atoms with Gasteiger partial charge in [0.05, 0.1) is 17.5 Å². The summed E-state index contributed by atoms with van der Waals surface area (Å²) in [6.45, 7) is 7.32. The number of morpholine rings is 1. The summed E-state index contributed by atoms with van der Waals surface area (Å²) in [5.74, 6) is 0.173. The maximum atomic E-state index is 12.5. The Morgan fingerprint density at radius 2 is 1.85 bits per heavy atom. The van der Waals surface area contributed by atoms with Crippen LogP contribution in [-0.4, -0.2) is 41.4 Å². The van der Waals surface area contributed by atoms with Crippen LogP contribution in [0, 0.1) is 0 Å². The molecule has 0 saturated carbocycles. The summed E-state index contributed by atoms with van der Waals surface area (Å²) >= 11 is 7.43. The zero-order valence-electron chi connectivity index (χ0n) is 12.0. The number of thioether (sulfide) groups is 1. The molecule has 0 aliphatic carbocycles. The minimum atomic E-state index is -0.103. The molecular weight excluding hydrogens is 294 g/mol. The molecule has 0 radical (unpaired) electrons. The maximum absolute atomic E-state index is 12.5. The summed E-state index contributed by atoms with van der Waals surface area (Å²) in [6.07, 6.45) is 0.214. The standard InChI is InChI=1S/C15H20ClNO2S/c1-10-8-17(9-11(2)19-10)15(18)12(3)20-14-6-4-13(16)5-7-14/h4-7,10-12H,8-9H2,1-3H3/t10-,11-,12+/m1/s1. The molecule has 0 N–H and O–H groups in total. The largest absolute Gasteiger partial charge is 0.372 e. The van der Waals surface area contributed by atoms with Gasteiger partial charge in [-0.1, -0.05) is 11.6 Å². The van der Waals surface area contributed by atoms with E-state index in [4.69, 9.17) is 16.3 Å². The van der Waals surface area contributed by atoms with E-state index < -0.39 is 0 Å². The van der Waals surface area contributed by atoms with Crippen molar-refractivity contribution in [3.05, 3.63) is 29.3 Å². The quantitative estimate of drug-likeness (QED) is 0.800. The lowest BCUT2D eigenvalue weighted by atomic mass is 10.2. The fourth-order valence-electron chi connectivity index (χ4n) is 2.38.